The largest absolute Gasteiger partial charge is 0.478 e. The van der Waals surface area contributed by atoms with Crippen LogP contribution in [0.3, 0.4) is 0 Å². The van der Waals surface area contributed by atoms with Crippen LogP contribution in [0.2, 0.25) is 0 Å². The molecular formula is C13H15NO4S2. The number of carboxylic acids is 1. The van der Waals surface area contributed by atoms with E-state index in [4.69, 9.17) is 11.5 Å². The number of nitrogens with one attached hydrogen (secondary N) is 1. The molecule has 1 rings (SSSR count). The summed E-state index contributed by atoms with van der Waals surface area (Å²) in [7, 11) is -3.47. The molecule has 0 amide bonds. The Morgan fingerprint density at radius 1 is 1.45 bits per heavy atom. The van der Waals surface area contributed by atoms with E-state index in [0.29, 0.717) is 23.6 Å². The molecule has 7 heteroatoms. The second kappa shape index (κ2) is 7.94. The summed E-state index contributed by atoms with van der Waals surface area (Å²) < 4.78 is 26.1. The molecule has 108 valence electrons. The summed E-state index contributed by atoms with van der Waals surface area (Å²) in [6.45, 7) is 0.299. The van der Waals surface area contributed by atoms with Gasteiger partial charge in [-0.2, -0.15) is 0 Å². The van der Waals surface area contributed by atoms with Gasteiger partial charge in [0, 0.05) is 12.3 Å². The highest BCUT2D eigenvalue weighted by Gasteiger charge is 2.12. The fourth-order valence-corrected chi connectivity index (χ4v) is 3.24. The van der Waals surface area contributed by atoms with Crippen molar-refractivity contribution >= 4 is 27.8 Å². The van der Waals surface area contributed by atoms with E-state index >= 15 is 0 Å². The molecular weight excluding hydrogens is 298 g/mol. The second-order valence-electron chi connectivity index (χ2n) is 3.92. The Morgan fingerprint density at radius 3 is 2.85 bits per heavy atom. The number of sulfonamides is 1. The lowest BCUT2D eigenvalue weighted by Gasteiger charge is -2.07. The standard InChI is InChI=1S/C13H15NO4S2/c1-2-7-19-8-6-14-20(17,18)10-11-4-3-5-12(9-11)13(15)16/h1,3-5,9,14H,6-8,10H2,(H,15,16). The van der Waals surface area contributed by atoms with Crippen LogP contribution >= 0.6 is 11.8 Å². The molecule has 0 aromatic heterocycles. The van der Waals surface area contributed by atoms with E-state index in [1.54, 1.807) is 6.07 Å². The molecule has 0 heterocycles. The van der Waals surface area contributed by atoms with E-state index < -0.39 is 16.0 Å². The highest BCUT2D eigenvalue weighted by Crippen LogP contribution is 2.09. The summed E-state index contributed by atoms with van der Waals surface area (Å²) in [4.78, 5) is 10.8. The van der Waals surface area contributed by atoms with E-state index in [2.05, 4.69) is 10.6 Å². The summed E-state index contributed by atoms with van der Waals surface area (Å²) in [5, 5.41) is 8.85. The van der Waals surface area contributed by atoms with Crippen LogP contribution < -0.4 is 4.72 Å². The first kappa shape index (κ1) is 16.6. The maximum atomic E-state index is 11.8. The van der Waals surface area contributed by atoms with Crippen LogP contribution in [0.4, 0.5) is 0 Å². The zero-order chi connectivity index (χ0) is 15.0. The third-order valence-electron chi connectivity index (χ3n) is 2.28. The molecule has 1 aromatic rings. The van der Waals surface area contributed by atoms with Gasteiger partial charge in [0.15, 0.2) is 0 Å². The van der Waals surface area contributed by atoms with Gasteiger partial charge in [-0.25, -0.2) is 17.9 Å². The molecule has 0 bridgehead atoms. The number of rotatable bonds is 8. The number of aromatic carboxylic acids is 1. The van der Waals surface area contributed by atoms with Crippen molar-refractivity contribution in [2.24, 2.45) is 0 Å². The molecule has 0 atom stereocenters. The van der Waals surface area contributed by atoms with Crippen LogP contribution in [0.15, 0.2) is 24.3 Å². The van der Waals surface area contributed by atoms with E-state index in [0.717, 1.165) is 0 Å². The van der Waals surface area contributed by atoms with Crippen molar-refractivity contribution in [1.29, 1.82) is 0 Å². The van der Waals surface area contributed by atoms with Gasteiger partial charge in [-0.05, 0) is 17.7 Å². The molecule has 0 aliphatic carbocycles. The lowest BCUT2D eigenvalue weighted by atomic mass is 10.1. The smallest absolute Gasteiger partial charge is 0.335 e. The summed E-state index contributed by atoms with van der Waals surface area (Å²) in [5.41, 5.74) is 0.510. The molecule has 0 aliphatic rings. The Balaban J connectivity index is 2.56. The average Bonchev–Trinajstić information content (AvgIpc) is 2.38. The van der Waals surface area contributed by atoms with Crippen molar-refractivity contribution in [3.63, 3.8) is 0 Å². The molecule has 0 aliphatic heterocycles. The number of carbonyl (C=O) groups is 1. The average molecular weight is 313 g/mol. The lowest BCUT2D eigenvalue weighted by molar-refractivity contribution is 0.0696. The number of hydrogen-bond donors (Lipinski definition) is 2. The van der Waals surface area contributed by atoms with E-state index in [1.807, 2.05) is 0 Å². The van der Waals surface area contributed by atoms with E-state index in [-0.39, 0.29) is 11.3 Å². The minimum absolute atomic E-state index is 0.0716. The van der Waals surface area contributed by atoms with Gasteiger partial charge < -0.3 is 5.11 Å². The van der Waals surface area contributed by atoms with Crippen LogP contribution in [0.25, 0.3) is 0 Å². The topological polar surface area (TPSA) is 83.5 Å². The Morgan fingerprint density at radius 2 is 2.20 bits per heavy atom. The lowest BCUT2D eigenvalue weighted by Crippen LogP contribution is -2.27. The zero-order valence-electron chi connectivity index (χ0n) is 10.7. The highest BCUT2D eigenvalue weighted by molar-refractivity contribution is 7.99. The first-order valence-corrected chi connectivity index (χ1v) is 8.56. The first-order valence-electron chi connectivity index (χ1n) is 5.75. The SMILES string of the molecule is C#CCSCCNS(=O)(=O)Cc1cccc(C(=O)O)c1. The molecule has 1 aromatic carbocycles. The van der Waals surface area contributed by atoms with E-state index in [9.17, 15) is 13.2 Å². The first-order chi connectivity index (χ1) is 9.44. The Hall–Kier alpha value is -1.49. The molecule has 0 saturated carbocycles. The predicted molar refractivity (Wildman–Crippen MR) is 80.2 cm³/mol. The number of benzene rings is 1. The summed E-state index contributed by atoms with van der Waals surface area (Å²) >= 11 is 1.47. The van der Waals surface area contributed by atoms with Gasteiger partial charge in [-0.15, -0.1) is 18.2 Å². The van der Waals surface area contributed by atoms with Crippen LogP contribution in [0, 0.1) is 12.3 Å². The number of terminal acetylenes is 1. The van der Waals surface area contributed by atoms with Crippen LogP contribution in [-0.4, -0.2) is 37.5 Å². The minimum atomic E-state index is -3.47. The zero-order valence-corrected chi connectivity index (χ0v) is 12.3. The molecule has 0 saturated heterocycles. The molecule has 20 heavy (non-hydrogen) atoms. The Kier molecular flexibility index (Phi) is 6.58. The normalized spacial score (nSPS) is 10.9. The van der Waals surface area contributed by atoms with Crippen molar-refractivity contribution in [2.45, 2.75) is 5.75 Å². The van der Waals surface area contributed by atoms with Crippen molar-refractivity contribution < 1.29 is 18.3 Å². The summed E-state index contributed by atoms with van der Waals surface area (Å²) in [5.74, 6) is 2.27. The van der Waals surface area contributed by atoms with E-state index in [1.165, 1.54) is 30.0 Å². The van der Waals surface area contributed by atoms with Gasteiger partial charge in [0.2, 0.25) is 10.0 Å². The fourth-order valence-electron chi connectivity index (χ4n) is 1.47. The maximum absolute atomic E-state index is 11.8. The van der Waals surface area contributed by atoms with Crippen LogP contribution in [-0.2, 0) is 15.8 Å². The third kappa shape index (κ3) is 6.10. The minimum Gasteiger partial charge on any atom is -0.478 e. The summed E-state index contributed by atoms with van der Waals surface area (Å²) in [6.07, 6.45) is 5.08. The predicted octanol–water partition coefficient (Wildman–Crippen LogP) is 1.17. The molecule has 0 unspecified atom stereocenters. The summed E-state index contributed by atoms with van der Waals surface area (Å²) in [6, 6.07) is 5.88. The molecule has 5 nitrogen and oxygen atoms in total. The highest BCUT2D eigenvalue weighted by atomic mass is 32.2. The van der Waals surface area contributed by atoms with Crippen molar-refractivity contribution in [2.75, 3.05) is 18.1 Å². The fraction of sp³-hybridized carbons (Fsp3) is 0.308. The van der Waals surface area contributed by atoms with Gasteiger partial charge >= 0.3 is 5.97 Å². The third-order valence-corrected chi connectivity index (χ3v) is 4.51. The van der Waals surface area contributed by atoms with Gasteiger partial charge in [0.1, 0.15) is 0 Å². The van der Waals surface area contributed by atoms with Gasteiger partial charge in [0.25, 0.3) is 0 Å². The Bertz CT molecular complexity index is 605. The molecule has 2 N–H and O–H groups in total. The quantitative estimate of drug-likeness (QED) is 0.556. The van der Waals surface area contributed by atoms with Crippen molar-refractivity contribution in [3.8, 4) is 12.3 Å². The monoisotopic (exact) mass is 313 g/mol. The number of carboxylic acid groups (broad SMARTS) is 1. The van der Waals surface area contributed by atoms with Crippen LogP contribution in [0.1, 0.15) is 15.9 Å². The Labute approximate surface area is 122 Å². The van der Waals surface area contributed by atoms with Gasteiger partial charge in [-0.1, -0.05) is 18.1 Å². The molecule has 0 spiro atoms. The van der Waals surface area contributed by atoms with Crippen molar-refractivity contribution in [3.05, 3.63) is 35.4 Å². The van der Waals surface area contributed by atoms with Gasteiger partial charge in [0.05, 0.1) is 17.1 Å². The number of hydrogen-bond acceptors (Lipinski definition) is 4. The van der Waals surface area contributed by atoms with Crippen molar-refractivity contribution in [1.82, 2.24) is 4.72 Å². The van der Waals surface area contributed by atoms with Gasteiger partial charge in [-0.3, -0.25) is 0 Å². The number of thioether (sulfide) groups is 1. The maximum Gasteiger partial charge on any atom is 0.335 e. The second-order valence-corrected chi connectivity index (χ2v) is 6.83. The van der Waals surface area contributed by atoms with Crippen LogP contribution in [0.5, 0.6) is 0 Å². The molecule has 0 radical (unpaired) electrons. The molecule has 0 fully saturated rings.